The summed E-state index contributed by atoms with van der Waals surface area (Å²) in [5, 5.41) is 0. The molecule has 0 radical (unpaired) electrons. The molecule has 0 unspecified atom stereocenters. The van der Waals surface area contributed by atoms with Crippen molar-refractivity contribution in [1.82, 2.24) is 4.90 Å². The minimum Gasteiger partial charge on any atom is -0.393 e. The maximum absolute atomic E-state index is 11.4. The zero-order chi connectivity index (χ0) is 11.0. The summed E-state index contributed by atoms with van der Waals surface area (Å²) in [6, 6.07) is 0. The molecule has 0 bridgehead atoms. The van der Waals surface area contributed by atoms with Gasteiger partial charge in [0.25, 0.3) is 0 Å². The third kappa shape index (κ3) is 6.80. The van der Waals surface area contributed by atoms with Crippen molar-refractivity contribution in [3.63, 3.8) is 0 Å². The molecule has 0 aromatic rings. The lowest BCUT2D eigenvalue weighted by molar-refractivity contribution is -0.130. The topological polar surface area (TPSA) is 55.6 Å². The Morgan fingerprint density at radius 1 is 1.50 bits per heavy atom. The number of hydrogen-bond donors (Lipinski definition) is 1. The summed E-state index contributed by atoms with van der Waals surface area (Å²) in [4.78, 5) is 13.5. The summed E-state index contributed by atoms with van der Waals surface area (Å²) in [5.74, 6) is 0.110. The summed E-state index contributed by atoms with van der Waals surface area (Å²) >= 11 is 4.73. The van der Waals surface area contributed by atoms with E-state index in [-0.39, 0.29) is 5.91 Å². The number of ether oxygens (including phenoxy) is 1. The van der Waals surface area contributed by atoms with E-state index in [9.17, 15) is 4.79 Å². The van der Waals surface area contributed by atoms with E-state index in [0.717, 1.165) is 6.42 Å². The standard InChI is InChI=1S/C9H18N2O2S/c1-11(6-5-8(10)14)9(12)4-3-7-13-2/h3-7H2,1-2H3,(H2,10,14). The Balaban J connectivity index is 3.59. The lowest BCUT2D eigenvalue weighted by atomic mass is 10.3. The molecule has 0 atom stereocenters. The van der Waals surface area contributed by atoms with Crippen LogP contribution in [0.15, 0.2) is 0 Å². The van der Waals surface area contributed by atoms with Gasteiger partial charge in [-0.15, -0.1) is 0 Å². The Labute approximate surface area is 90.4 Å². The summed E-state index contributed by atoms with van der Waals surface area (Å²) < 4.78 is 4.86. The zero-order valence-corrected chi connectivity index (χ0v) is 9.60. The van der Waals surface area contributed by atoms with Gasteiger partial charge in [-0.2, -0.15) is 0 Å². The second-order valence-electron chi connectivity index (χ2n) is 3.13. The van der Waals surface area contributed by atoms with Gasteiger partial charge in [-0.05, 0) is 6.42 Å². The van der Waals surface area contributed by atoms with E-state index < -0.39 is 0 Å². The van der Waals surface area contributed by atoms with Crippen LogP contribution in [0.1, 0.15) is 19.3 Å². The molecule has 0 aliphatic carbocycles. The molecule has 0 fully saturated rings. The zero-order valence-electron chi connectivity index (χ0n) is 8.78. The maximum Gasteiger partial charge on any atom is 0.222 e. The number of thiocarbonyl (C=S) groups is 1. The van der Waals surface area contributed by atoms with Gasteiger partial charge in [0.15, 0.2) is 0 Å². The predicted octanol–water partition coefficient (Wildman–Crippen LogP) is 0.548. The fraction of sp³-hybridized carbons (Fsp3) is 0.778. The molecule has 5 heteroatoms. The highest BCUT2D eigenvalue weighted by Crippen LogP contribution is 1.97. The third-order valence-electron chi connectivity index (χ3n) is 1.86. The fourth-order valence-electron chi connectivity index (χ4n) is 0.961. The van der Waals surface area contributed by atoms with Crippen molar-refractivity contribution >= 4 is 23.1 Å². The smallest absolute Gasteiger partial charge is 0.222 e. The van der Waals surface area contributed by atoms with Crippen LogP contribution in [0.25, 0.3) is 0 Å². The van der Waals surface area contributed by atoms with Crippen LogP contribution >= 0.6 is 12.2 Å². The van der Waals surface area contributed by atoms with E-state index in [1.807, 2.05) is 0 Å². The number of hydrogen-bond acceptors (Lipinski definition) is 3. The Bertz CT molecular complexity index is 197. The van der Waals surface area contributed by atoms with Gasteiger partial charge in [0.05, 0.1) is 4.99 Å². The maximum atomic E-state index is 11.4. The monoisotopic (exact) mass is 218 g/mol. The molecular weight excluding hydrogens is 200 g/mol. The van der Waals surface area contributed by atoms with Crippen molar-refractivity contribution in [3.05, 3.63) is 0 Å². The van der Waals surface area contributed by atoms with Gasteiger partial charge in [0, 0.05) is 40.2 Å². The average molecular weight is 218 g/mol. The minimum atomic E-state index is 0.110. The number of methoxy groups -OCH3 is 1. The van der Waals surface area contributed by atoms with Crippen LogP contribution in [0.3, 0.4) is 0 Å². The van der Waals surface area contributed by atoms with Gasteiger partial charge >= 0.3 is 0 Å². The van der Waals surface area contributed by atoms with E-state index in [0.29, 0.717) is 31.0 Å². The number of carbonyl (C=O) groups excluding carboxylic acids is 1. The van der Waals surface area contributed by atoms with Gasteiger partial charge in [0.1, 0.15) is 0 Å². The molecule has 0 spiro atoms. The number of rotatable bonds is 7. The first-order chi connectivity index (χ1) is 6.57. The summed E-state index contributed by atoms with van der Waals surface area (Å²) in [5.41, 5.74) is 5.34. The van der Waals surface area contributed by atoms with Crippen molar-refractivity contribution in [2.45, 2.75) is 19.3 Å². The van der Waals surface area contributed by atoms with Gasteiger partial charge in [-0.1, -0.05) is 12.2 Å². The highest BCUT2D eigenvalue weighted by molar-refractivity contribution is 7.80. The molecule has 14 heavy (non-hydrogen) atoms. The number of carbonyl (C=O) groups is 1. The van der Waals surface area contributed by atoms with E-state index in [2.05, 4.69) is 0 Å². The third-order valence-corrected chi connectivity index (χ3v) is 2.06. The Morgan fingerprint density at radius 3 is 2.64 bits per heavy atom. The highest BCUT2D eigenvalue weighted by Gasteiger charge is 2.07. The molecule has 4 nitrogen and oxygen atoms in total. The predicted molar refractivity (Wildman–Crippen MR) is 60.1 cm³/mol. The molecule has 0 aromatic carbocycles. The van der Waals surface area contributed by atoms with E-state index in [4.69, 9.17) is 22.7 Å². The summed E-state index contributed by atoms with van der Waals surface area (Å²) in [6.07, 6.45) is 1.86. The van der Waals surface area contributed by atoms with Crippen LogP contribution in [-0.4, -0.2) is 43.1 Å². The van der Waals surface area contributed by atoms with Crippen LogP contribution in [0.2, 0.25) is 0 Å². The van der Waals surface area contributed by atoms with Crippen LogP contribution in [0.4, 0.5) is 0 Å². The Kier molecular flexibility index (Phi) is 7.32. The van der Waals surface area contributed by atoms with Crippen molar-refractivity contribution in [3.8, 4) is 0 Å². The van der Waals surface area contributed by atoms with Crippen molar-refractivity contribution in [2.24, 2.45) is 5.73 Å². The second-order valence-corrected chi connectivity index (χ2v) is 3.65. The molecule has 0 heterocycles. The lowest BCUT2D eigenvalue weighted by Gasteiger charge is -2.16. The minimum absolute atomic E-state index is 0.110. The van der Waals surface area contributed by atoms with E-state index in [1.165, 1.54) is 0 Å². The van der Waals surface area contributed by atoms with Gasteiger partial charge in [0.2, 0.25) is 5.91 Å². The lowest BCUT2D eigenvalue weighted by Crippen LogP contribution is -2.29. The highest BCUT2D eigenvalue weighted by atomic mass is 32.1. The molecule has 0 saturated carbocycles. The fourth-order valence-corrected chi connectivity index (χ4v) is 1.05. The SMILES string of the molecule is COCCCC(=O)N(C)CCC(N)=S. The van der Waals surface area contributed by atoms with Gasteiger partial charge in [-0.25, -0.2) is 0 Å². The van der Waals surface area contributed by atoms with E-state index in [1.54, 1.807) is 19.1 Å². The Morgan fingerprint density at radius 2 is 2.14 bits per heavy atom. The van der Waals surface area contributed by atoms with Gasteiger partial charge in [-0.3, -0.25) is 4.79 Å². The second kappa shape index (κ2) is 7.70. The number of nitrogens with two attached hydrogens (primary N) is 1. The largest absolute Gasteiger partial charge is 0.393 e. The summed E-state index contributed by atoms with van der Waals surface area (Å²) in [7, 11) is 3.38. The number of nitrogens with zero attached hydrogens (tertiary/aromatic N) is 1. The molecule has 2 N–H and O–H groups in total. The summed E-state index contributed by atoms with van der Waals surface area (Å²) in [6.45, 7) is 1.22. The van der Waals surface area contributed by atoms with Crippen molar-refractivity contribution < 1.29 is 9.53 Å². The first-order valence-electron chi connectivity index (χ1n) is 4.59. The number of amides is 1. The first kappa shape index (κ1) is 13.3. The molecule has 0 aromatic heterocycles. The Hall–Kier alpha value is -0.680. The van der Waals surface area contributed by atoms with Crippen molar-refractivity contribution in [1.29, 1.82) is 0 Å². The van der Waals surface area contributed by atoms with Gasteiger partial charge < -0.3 is 15.4 Å². The van der Waals surface area contributed by atoms with Crippen LogP contribution in [0, 0.1) is 0 Å². The first-order valence-corrected chi connectivity index (χ1v) is 5.00. The molecule has 0 aliphatic heterocycles. The molecule has 82 valence electrons. The quantitative estimate of drug-likeness (QED) is 0.501. The molecule has 0 aliphatic rings. The van der Waals surface area contributed by atoms with Crippen LogP contribution in [-0.2, 0) is 9.53 Å². The molecule has 1 amide bonds. The van der Waals surface area contributed by atoms with Crippen molar-refractivity contribution in [2.75, 3.05) is 27.3 Å². The molecular formula is C9H18N2O2S. The van der Waals surface area contributed by atoms with Crippen LogP contribution in [0.5, 0.6) is 0 Å². The molecule has 0 saturated heterocycles. The van der Waals surface area contributed by atoms with Crippen LogP contribution < -0.4 is 5.73 Å². The average Bonchev–Trinajstić information content (AvgIpc) is 2.14. The normalized spacial score (nSPS) is 9.86. The van der Waals surface area contributed by atoms with E-state index >= 15 is 0 Å². The molecule has 0 rings (SSSR count).